The van der Waals surface area contributed by atoms with E-state index in [0.29, 0.717) is 12.5 Å². The number of anilines is 1. The molecular formula is C15H21N3O2. The lowest BCUT2D eigenvalue weighted by Crippen LogP contribution is -2.69. The first-order valence-electron chi connectivity index (χ1n) is 7.04. The highest BCUT2D eigenvalue weighted by Crippen LogP contribution is 2.42. The highest BCUT2D eigenvalue weighted by atomic mass is 16.5. The lowest BCUT2D eigenvalue weighted by atomic mass is 9.86. The third-order valence-corrected chi connectivity index (χ3v) is 4.15. The van der Waals surface area contributed by atoms with E-state index in [2.05, 4.69) is 10.2 Å². The van der Waals surface area contributed by atoms with Crippen molar-refractivity contribution < 1.29 is 9.53 Å². The van der Waals surface area contributed by atoms with Crippen molar-refractivity contribution in [3.05, 3.63) is 24.3 Å². The number of likely N-dealkylation sites (tertiary alicyclic amines) is 1. The molecule has 3 rings (SSSR count). The normalized spacial score (nSPS) is 21.1. The number of benzene rings is 1. The molecule has 0 atom stereocenters. The van der Waals surface area contributed by atoms with Crippen LogP contribution in [0.15, 0.2) is 24.3 Å². The molecule has 0 spiro atoms. The average molecular weight is 275 g/mol. The van der Waals surface area contributed by atoms with E-state index in [1.54, 1.807) is 7.11 Å². The molecule has 0 aromatic heterocycles. The van der Waals surface area contributed by atoms with Crippen LogP contribution in [0, 0.1) is 5.92 Å². The number of carbonyl (C=O) groups excluding carboxylic acids is 1. The van der Waals surface area contributed by atoms with Gasteiger partial charge < -0.3 is 15.8 Å². The van der Waals surface area contributed by atoms with Gasteiger partial charge in [0.25, 0.3) is 0 Å². The summed E-state index contributed by atoms with van der Waals surface area (Å²) in [6.07, 6.45) is 2.50. The zero-order valence-corrected chi connectivity index (χ0v) is 11.8. The third kappa shape index (κ3) is 2.78. The number of nitrogens with two attached hydrogens (primary N) is 1. The summed E-state index contributed by atoms with van der Waals surface area (Å²) >= 11 is 0. The van der Waals surface area contributed by atoms with E-state index in [1.165, 1.54) is 12.8 Å². The summed E-state index contributed by atoms with van der Waals surface area (Å²) in [6.45, 7) is 2.08. The van der Waals surface area contributed by atoms with E-state index >= 15 is 0 Å². The number of nitrogens with zero attached hydrogens (tertiary/aromatic N) is 1. The van der Waals surface area contributed by atoms with Gasteiger partial charge in [0.1, 0.15) is 5.75 Å². The van der Waals surface area contributed by atoms with Crippen LogP contribution >= 0.6 is 0 Å². The summed E-state index contributed by atoms with van der Waals surface area (Å²) in [7, 11) is 1.61. The molecule has 1 aromatic carbocycles. The van der Waals surface area contributed by atoms with Gasteiger partial charge in [-0.3, -0.25) is 9.69 Å². The maximum Gasteiger partial charge on any atom is 0.238 e. The first-order valence-corrected chi connectivity index (χ1v) is 7.04. The van der Waals surface area contributed by atoms with Crippen LogP contribution in [0.5, 0.6) is 5.75 Å². The summed E-state index contributed by atoms with van der Waals surface area (Å²) in [4.78, 5) is 14.1. The van der Waals surface area contributed by atoms with Gasteiger partial charge in [-0.25, -0.2) is 0 Å². The predicted octanol–water partition coefficient (Wildman–Crippen LogP) is 1.06. The molecule has 5 nitrogen and oxygen atoms in total. The molecule has 1 saturated carbocycles. The molecule has 0 unspecified atom stereocenters. The van der Waals surface area contributed by atoms with Crippen LogP contribution in [0.2, 0.25) is 0 Å². The maximum atomic E-state index is 12.0. The van der Waals surface area contributed by atoms with Crippen LogP contribution in [0.4, 0.5) is 5.69 Å². The first-order chi connectivity index (χ1) is 9.59. The number of carbonyl (C=O) groups is 1. The fourth-order valence-corrected chi connectivity index (χ4v) is 2.92. The smallest absolute Gasteiger partial charge is 0.238 e. The fraction of sp³-hybridized carbons (Fsp3) is 0.533. The van der Waals surface area contributed by atoms with Crippen molar-refractivity contribution in [2.75, 3.05) is 32.1 Å². The van der Waals surface area contributed by atoms with E-state index in [4.69, 9.17) is 10.5 Å². The highest BCUT2D eigenvalue weighted by molar-refractivity contribution is 5.92. The summed E-state index contributed by atoms with van der Waals surface area (Å²) in [5.41, 5.74) is 7.00. The fourth-order valence-electron chi connectivity index (χ4n) is 2.92. The van der Waals surface area contributed by atoms with Crippen LogP contribution in [-0.2, 0) is 4.79 Å². The monoisotopic (exact) mass is 275 g/mol. The molecular weight excluding hydrogens is 254 g/mol. The Morgan fingerprint density at radius 1 is 1.50 bits per heavy atom. The van der Waals surface area contributed by atoms with Gasteiger partial charge in [-0.2, -0.15) is 0 Å². The second-order valence-electron chi connectivity index (χ2n) is 5.93. The molecule has 3 N–H and O–H groups in total. The summed E-state index contributed by atoms with van der Waals surface area (Å²) in [5, 5.41) is 2.89. The number of rotatable bonds is 5. The topological polar surface area (TPSA) is 67.6 Å². The minimum absolute atomic E-state index is 0.00361. The van der Waals surface area contributed by atoms with E-state index in [9.17, 15) is 4.79 Å². The Labute approximate surface area is 119 Å². The summed E-state index contributed by atoms with van der Waals surface area (Å²) in [5.74, 6) is 1.41. The van der Waals surface area contributed by atoms with Crippen molar-refractivity contribution in [3.8, 4) is 5.75 Å². The SMILES string of the molecule is COc1cccc(NC(=O)CN2CC(N)(C3CC3)C2)c1. The van der Waals surface area contributed by atoms with Crippen LogP contribution in [0.25, 0.3) is 0 Å². The standard InChI is InChI=1S/C15H21N3O2/c1-20-13-4-2-3-12(7-13)17-14(19)8-18-9-15(16,10-18)11-5-6-11/h2-4,7,11H,5-6,8-10,16H2,1H3,(H,17,19). The quantitative estimate of drug-likeness (QED) is 0.843. The number of ether oxygens (including phenoxy) is 1. The zero-order chi connectivity index (χ0) is 14.2. The predicted molar refractivity (Wildman–Crippen MR) is 77.7 cm³/mol. The van der Waals surface area contributed by atoms with E-state index in [1.807, 2.05) is 24.3 Å². The van der Waals surface area contributed by atoms with Gasteiger partial charge in [0, 0.05) is 30.4 Å². The molecule has 1 aliphatic heterocycles. The zero-order valence-electron chi connectivity index (χ0n) is 11.8. The number of hydrogen-bond acceptors (Lipinski definition) is 4. The molecule has 2 fully saturated rings. The molecule has 20 heavy (non-hydrogen) atoms. The Balaban J connectivity index is 1.48. The van der Waals surface area contributed by atoms with Crippen molar-refractivity contribution in [3.63, 3.8) is 0 Å². The van der Waals surface area contributed by atoms with Crippen molar-refractivity contribution in [1.82, 2.24) is 4.90 Å². The van der Waals surface area contributed by atoms with Crippen LogP contribution in [-0.4, -0.2) is 43.1 Å². The minimum atomic E-state index is -0.0315. The maximum absolute atomic E-state index is 12.0. The van der Waals surface area contributed by atoms with Crippen molar-refractivity contribution in [1.29, 1.82) is 0 Å². The van der Waals surface area contributed by atoms with Gasteiger partial charge in [-0.1, -0.05) is 6.07 Å². The molecule has 0 radical (unpaired) electrons. The van der Waals surface area contributed by atoms with Gasteiger partial charge in [-0.05, 0) is 30.9 Å². The number of hydrogen-bond donors (Lipinski definition) is 2. The first kappa shape index (κ1) is 13.4. The van der Waals surface area contributed by atoms with E-state index in [-0.39, 0.29) is 11.4 Å². The Hall–Kier alpha value is -1.59. The summed E-state index contributed by atoms with van der Waals surface area (Å²) in [6, 6.07) is 7.37. The number of methoxy groups -OCH3 is 1. The lowest BCUT2D eigenvalue weighted by molar-refractivity contribution is -0.119. The Kier molecular flexibility index (Phi) is 3.40. The van der Waals surface area contributed by atoms with Gasteiger partial charge in [0.05, 0.1) is 13.7 Å². The van der Waals surface area contributed by atoms with Crippen molar-refractivity contribution in [2.45, 2.75) is 18.4 Å². The number of nitrogens with one attached hydrogen (secondary N) is 1. The van der Waals surface area contributed by atoms with E-state index in [0.717, 1.165) is 24.5 Å². The largest absolute Gasteiger partial charge is 0.497 e. The molecule has 1 heterocycles. The minimum Gasteiger partial charge on any atom is -0.497 e. The molecule has 1 saturated heterocycles. The highest BCUT2D eigenvalue weighted by Gasteiger charge is 2.50. The van der Waals surface area contributed by atoms with Crippen LogP contribution in [0.3, 0.4) is 0 Å². The van der Waals surface area contributed by atoms with Crippen molar-refractivity contribution in [2.24, 2.45) is 11.7 Å². The Bertz CT molecular complexity index is 508. The van der Waals surface area contributed by atoms with Gasteiger partial charge in [0.2, 0.25) is 5.91 Å². The van der Waals surface area contributed by atoms with Gasteiger partial charge >= 0.3 is 0 Å². The van der Waals surface area contributed by atoms with Crippen LogP contribution < -0.4 is 15.8 Å². The van der Waals surface area contributed by atoms with Crippen LogP contribution in [0.1, 0.15) is 12.8 Å². The third-order valence-electron chi connectivity index (χ3n) is 4.15. The Morgan fingerprint density at radius 3 is 2.90 bits per heavy atom. The summed E-state index contributed by atoms with van der Waals surface area (Å²) < 4.78 is 5.13. The second-order valence-corrected chi connectivity index (χ2v) is 5.93. The molecule has 1 aromatic rings. The van der Waals surface area contributed by atoms with Gasteiger partial charge in [-0.15, -0.1) is 0 Å². The van der Waals surface area contributed by atoms with Gasteiger partial charge in [0.15, 0.2) is 0 Å². The molecule has 108 valence electrons. The average Bonchev–Trinajstić information content (AvgIpc) is 3.21. The second kappa shape index (κ2) is 5.07. The molecule has 2 aliphatic rings. The molecule has 1 aliphatic carbocycles. The molecule has 5 heteroatoms. The van der Waals surface area contributed by atoms with Crippen molar-refractivity contribution >= 4 is 11.6 Å². The van der Waals surface area contributed by atoms with E-state index < -0.39 is 0 Å². The lowest BCUT2D eigenvalue weighted by Gasteiger charge is -2.48. The number of amides is 1. The molecule has 0 bridgehead atoms. The molecule has 1 amide bonds. The Morgan fingerprint density at radius 2 is 2.25 bits per heavy atom.